The van der Waals surface area contributed by atoms with Gasteiger partial charge < -0.3 is 10.4 Å². The van der Waals surface area contributed by atoms with Crippen molar-refractivity contribution in [3.63, 3.8) is 0 Å². The Morgan fingerprint density at radius 3 is 1.65 bits per heavy atom. The lowest BCUT2D eigenvalue weighted by molar-refractivity contribution is 0.282. The van der Waals surface area contributed by atoms with Gasteiger partial charge in [-0.15, -0.1) is 0 Å². The first-order chi connectivity index (χ1) is 8.41. The van der Waals surface area contributed by atoms with E-state index < -0.39 is 0 Å². The Labute approximate surface area is 108 Å². The molecule has 0 atom stereocenters. The molecule has 2 heteroatoms. The summed E-state index contributed by atoms with van der Waals surface area (Å²) in [5.41, 5.74) is 0. The standard InChI is InChI=1S/C15H33NO/c1-2-3-10-13-16-14-11-8-6-4-5-7-9-12-15-17/h16-17H,2-15H2,1H3. The molecule has 2 nitrogen and oxygen atoms in total. The van der Waals surface area contributed by atoms with E-state index in [1.807, 2.05) is 0 Å². The van der Waals surface area contributed by atoms with E-state index in [2.05, 4.69) is 12.2 Å². The Bertz CT molecular complexity index is 114. The molecule has 0 aliphatic rings. The van der Waals surface area contributed by atoms with Gasteiger partial charge in [-0.2, -0.15) is 0 Å². The van der Waals surface area contributed by atoms with Crippen LogP contribution in [0.5, 0.6) is 0 Å². The second-order valence-electron chi connectivity index (χ2n) is 5.01. The Balaban J connectivity index is 2.85. The lowest BCUT2D eigenvalue weighted by Crippen LogP contribution is -2.16. The van der Waals surface area contributed by atoms with Crippen molar-refractivity contribution in [2.24, 2.45) is 0 Å². The average molecular weight is 243 g/mol. The molecule has 0 bridgehead atoms. The van der Waals surface area contributed by atoms with E-state index in [9.17, 15) is 0 Å². The summed E-state index contributed by atoms with van der Waals surface area (Å²) in [4.78, 5) is 0. The molecule has 0 aliphatic heterocycles. The van der Waals surface area contributed by atoms with Gasteiger partial charge in [0.15, 0.2) is 0 Å². The highest BCUT2D eigenvalue weighted by molar-refractivity contribution is 4.51. The van der Waals surface area contributed by atoms with Crippen molar-refractivity contribution in [3.8, 4) is 0 Å². The third-order valence-corrected chi connectivity index (χ3v) is 3.22. The molecule has 0 amide bonds. The molecule has 0 aromatic carbocycles. The van der Waals surface area contributed by atoms with E-state index in [4.69, 9.17) is 5.11 Å². The van der Waals surface area contributed by atoms with Crippen molar-refractivity contribution in [2.75, 3.05) is 19.7 Å². The molecule has 2 N–H and O–H groups in total. The molecule has 0 spiro atoms. The molecule has 0 saturated heterocycles. The van der Waals surface area contributed by atoms with E-state index in [1.165, 1.54) is 77.3 Å². The molecule has 17 heavy (non-hydrogen) atoms. The summed E-state index contributed by atoms with van der Waals surface area (Å²) >= 11 is 0. The van der Waals surface area contributed by atoms with Crippen LogP contribution < -0.4 is 5.32 Å². The Morgan fingerprint density at radius 2 is 1.12 bits per heavy atom. The van der Waals surface area contributed by atoms with Gasteiger partial charge in [0.1, 0.15) is 0 Å². The molecular weight excluding hydrogens is 210 g/mol. The third-order valence-electron chi connectivity index (χ3n) is 3.22. The van der Waals surface area contributed by atoms with Gasteiger partial charge in [0.25, 0.3) is 0 Å². The predicted octanol–water partition coefficient (Wildman–Crippen LogP) is 3.88. The minimum Gasteiger partial charge on any atom is -0.396 e. The summed E-state index contributed by atoms with van der Waals surface area (Å²) in [5, 5.41) is 12.1. The topological polar surface area (TPSA) is 32.3 Å². The summed E-state index contributed by atoms with van der Waals surface area (Å²) in [5.74, 6) is 0. The second kappa shape index (κ2) is 15.9. The van der Waals surface area contributed by atoms with Crippen molar-refractivity contribution in [3.05, 3.63) is 0 Å². The normalized spacial score (nSPS) is 10.9. The van der Waals surface area contributed by atoms with Crippen LogP contribution in [-0.2, 0) is 0 Å². The summed E-state index contributed by atoms with van der Waals surface area (Å²) in [6.45, 7) is 5.02. The van der Waals surface area contributed by atoms with E-state index >= 15 is 0 Å². The average Bonchev–Trinajstić information content (AvgIpc) is 2.35. The summed E-state index contributed by atoms with van der Waals surface area (Å²) < 4.78 is 0. The number of aliphatic hydroxyl groups is 1. The molecule has 0 aliphatic carbocycles. The molecule has 0 aromatic heterocycles. The zero-order valence-electron chi connectivity index (χ0n) is 11.8. The highest BCUT2D eigenvalue weighted by atomic mass is 16.2. The van der Waals surface area contributed by atoms with Crippen LogP contribution in [0.25, 0.3) is 0 Å². The molecule has 0 unspecified atom stereocenters. The predicted molar refractivity (Wildman–Crippen MR) is 76.4 cm³/mol. The van der Waals surface area contributed by atoms with E-state index in [0.717, 1.165) is 6.42 Å². The van der Waals surface area contributed by atoms with E-state index in [1.54, 1.807) is 0 Å². The summed E-state index contributed by atoms with van der Waals surface area (Å²) in [6, 6.07) is 0. The van der Waals surface area contributed by atoms with Crippen LogP contribution in [0.4, 0.5) is 0 Å². The first-order valence-corrected chi connectivity index (χ1v) is 7.73. The van der Waals surface area contributed by atoms with Gasteiger partial charge >= 0.3 is 0 Å². The van der Waals surface area contributed by atoms with Crippen LogP contribution in [0.2, 0.25) is 0 Å². The van der Waals surface area contributed by atoms with Crippen molar-refractivity contribution in [1.82, 2.24) is 5.32 Å². The Morgan fingerprint density at radius 1 is 0.647 bits per heavy atom. The van der Waals surface area contributed by atoms with E-state index in [-0.39, 0.29) is 0 Å². The minimum atomic E-state index is 0.365. The molecule has 0 saturated carbocycles. The first-order valence-electron chi connectivity index (χ1n) is 7.73. The van der Waals surface area contributed by atoms with Gasteiger partial charge in [0.2, 0.25) is 0 Å². The summed E-state index contributed by atoms with van der Waals surface area (Å²) in [7, 11) is 0. The van der Waals surface area contributed by atoms with Crippen molar-refractivity contribution in [1.29, 1.82) is 0 Å². The van der Waals surface area contributed by atoms with Crippen molar-refractivity contribution in [2.45, 2.75) is 77.6 Å². The van der Waals surface area contributed by atoms with Crippen LogP contribution in [-0.4, -0.2) is 24.8 Å². The Hall–Kier alpha value is -0.0800. The van der Waals surface area contributed by atoms with Gasteiger partial charge in [-0.3, -0.25) is 0 Å². The Kier molecular flexibility index (Phi) is 15.8. The van der Waals surface area contributed by atoms with Gasteiger partial charge in [-0.05, 0) is 32.4 Å². The molecule has 0 radical (unpaired) electrons. The quantitative estimate of drug-likeness (QED) is 0.454. The number of hydrogen-bond donors (Lipinski definition) is 2. The maximum atomic E-state index is 8.64. The highest BCUT2D eigenvalue weighted by Gasteiger charge is 1.92. The lowest BCUT2D eigenvalue weighted by Gasteiger charge is -2.04. The molecule has 0 fully saturated rings. The van der Waals surface area contributed by atoms with Crippen LogP contribution in [0.15, 0.2) is 0 Å². The first kappa shape index (κ1) is 16.9. The molecule has 0 rings (SSSR count). The molecule has 0 aromatic rings. The fraction of sp³-hybridized carbons (Fsp3) is 1.00. The van der Waals surface area contributed by atoms with Crippen LogP contribution in [0.3, 0.4) is 0 Å². The number of hydrogen-bond acceptors (Lipinski definition) is 2. The number of aliphatic hydroxyl groups excluding tert-OH is 1. The van der Waals surface area contributed by atoms with Crippen molar-refractivity contribution >= 4 is 0 Å². The van der Waals surface area contributed by atoms with Gasteiger partial charge in [0, 0.05) is 6.61 Å². The fourth-order valence-electron chi connectivity index (χ4n) is 2.05. The number of nitrogens with one attached hydrogen (secondary N) is 1. The summed E-state index contributed by atoms with van der Waals surface area (Å²) in [6.07, 6.45) is 14.3. The van der Waals surface area contributed by atoms with Gasteiger partial charge in [-0.25, -0.2) is 0 Å². The highest BCUT2D eigenvalue weighted by Crippen LogP contribution is 2.07. The van der Waals surface area contributed by atoms with E-state index in [0.29, 0.717) is 6.61 Å². The number of unbranched alkanes of at least 4 members (excludes halogenated alkanes) is 9. The maximum Gasteiger partial charge on any atom is 0.0431 e. The van der Waals surface area contributed by atoms with Gasteiger partial charge in [0.05, 0.1) is 0 Å². The van der Waals surface area contributed by atoms with Crippen LogP contribution in [0.1, 0.15) is 77.6 Å². The fourth-order valence-corrected chi connectivity index (χ4v) is 2.05. The third kappa shape index (κ3) is 15.9. The van der Waals surface area contributed by atoms with Crippen molar-refractivity contribution < 1.29 is 5.11 Å². The lowest BCUT2D eigenvalue weighted by atomic mass is 10.1. The maximum absolute atomic E-state index is 8.64. The molecular formula is C15H33NO. The zero-order chi connectivity index (χ0) is 12.6. The number of rotatable bonds is 14. The van der Waals surface area contributed by atoms with Crippen LogP contribution >= 0.6 is 0 Å². The molecule has 0 heterocycles. The monoisotopic (exact) mass is 243 g/mol. The second-order valence-corrected chi connectivity index (χ2v) is 5.01. The molecule has 104 valence electrons. The van der Waals surface area contributed by atoms with Crippen LogP contribution in [0, 0.1) is 0 Å². The largest absolute Gasteiger partial charge is 0.396 e. The van der Waals surface area contributed by atoms with Gasteiger partial charge in [-0.1, -0.05) is 58.3 Å². The SMILES string of the molecule is CCCCCNCCCCCCCCCCO. The minimum absolute atomic E-state index is 0.365. The smallest absolute Gasteiger partial charge is 0.0431 e. The zero-order valence-corrected chi connectivity index (χ0v) is 11.8.